The highest BCUT2D eigenvalue weighted by atomic mass is 16.5. The molecule has 33 heavy (non-hydrogen) atoms. The second kappa shape index (κ2) is 12.3. The third kappa shape index (κ3) is 7.08. The van der Waals surface area contributed by atoms with Crippen molar-refractivity contribution < 1.29 is 28.9 Å². The maximum absolute atomic E-state index is 11.7. The minimum Gasteiger partial charge on any atom is -0.491 e. The van der Waals surface area contributed by atoms with Gasteiger partial charge in [-0.2, -0.15) is 0 Å². The lowest BCUT2D eigenvalue weighted by Gasteiger charge is -2.16. The van der Waals surface area contributed by atoms with Gasteiger partial charge in [0.15, 0.2) is 0 Å². The SMILES string of the molecule is COC(=O)CCCCOc1cc(Oc2ccccc2-c2ccccc2)ccc1NC(=O)CO. The number of amides is 1. The first-order valence-corrected chi connectivity index (χ1v) is 10.7. The van der Waals surface area contributed by atoms with E-state index in [0.717, 1.165) is 11.1 Å². The van der Waals surface area contributed by atoms with Crippen LogP contribution in [0.25, 0.3) is 11.1 Å². The molecule has 0 aromatic heterocycles. The first-order valence-electron chi connectivity index (χ1n) is 10.7. The van der Waals surface area contributed by atoms with Gasteiger partial charge in [0.1, 0.15) is 23.9 Å². The molecule has 0 radical (unpaired) electrons. The highest BCUT2D eigenvalue weighted by molar-refractivity contribution is 5.93. The molecule has 0 saturated carbocycles. The molecule has 1 amide bonds. The van der Waals surface area contributed by atoms with Crippen LogP contribution in [0.1, 0.15) is 19.3 Å². The Hall–Kier alpha value is -3.84. The van der Waals surface area contributed by atoms with Crippen LogP contribution in [-0.2, 0) is 14.3 Å². The Morgan fingerprint density at radius 1 is 0.909 bits per heavy atom. The molecule has 0 aliphatic carbocycles. The number of anilines is 1. The summed E-state index contributed by atoms with van der Waals surface area (Å²) in [5.74, 6) is 0.807. The van der Waals surface area contributed by atoms with E-state index in [0.29, 0.717) is 48.8 Å². The van der Waals surface area contributed by atoms with E-state index in [1.54, 1.807) is 18.2 Å². The molecule has 0 saturated heterocycles. The Kier molecular flexibility index (Phi) is 8.85. The zero-order valence-corrected chi connectivity index (χ0v) is 18.5. The van der Waals surface area contributed by atoms with Crippen LogP contribution in [0.4, 0.5) is 5.69 Å². The molecule has 0 unspecified atom stereocenters. The molecule has 0 bridgehead atoms. The van der Waals surface area contributed by atoms with Gasteiger partial charge in [-0.15, -0.1) is 0 Å². The molecule has 0 spiro atoms. The summed E-state index contributed by atoms with van der Waals surface area (Å²) < 4.78 is 16.7. The molecule has 0 fully saturated rings. The van der Waals surface area contributed by atoms with Crippen molar-refractivity contribution in [2.75, 3.05) is 25.6 Å². The first-order chi connectivity index (χ1) is 16.1. The topological polar surface area (TPSA) is 94.1 Å². The van der Waals surface area contributed by atoms with Crippen LogP contribution in [-0.4, -0.2) is 37.3 Å². The molecule has 3 aromatic rings. The number of methoxy groups -OCH3 is 1. The molecule has 3 rings (SSSR count). The summed E-state index contributed by atoms with van der Waals surface area (Å²) in [6.07, 6.45) is 1.56. The van der Waals surface area contributed by atoms with Crippen LogP contribution in [0, 0.1) is 0 Å². The monoisotopic (exact) mass is 449 g/mol. The molecule has 0 aliphatic heterocycles. The van der Waals surface area contributed by atoms with Crippen molar-refractivity contribution >= 4 is 17.6 Å². The van der Waals surface area contributed by atoms with Crippen LogP contribution in [0.2, 0.25) is 0 Å². The lowest BCUT2D eigenvalue weighted by Crippen LogP contribution is -2.16. The van der Waals surface area contributed by atoms with Gasteiger partial charge in [-0.25, -0.2) is 0 Å². The van der Waals surface area contributed by atoms with Crippen LogP contribution < -0.4 is 14.8 Å². The van der Waals surface area contributed by atoms with E-state index in [4.69, 9.17) is 14.6 Å². The standard InChI is InChI=1S/C26H27NO6/c1-31-26(30)13-7-8-16-32-24-17-20(14-15-22(24)27-25(29)18-28)33-23-12-6-5-11-21(23)19-9-3-2-4-10-19/h2-6,9-12,14-15,17,28H,7-8,13,16,18H2,1H3,(H,27,29). The molecule has 7 heteroatoms. The van der Waals surface area contributed by atoms with Gasteiger partial charge in [-0.1, -0.05) is 48.5 Å². The second-order valence-electron chi connectivity index (χ2n) is 7.21. The molecular formula is C26H27NO6. The lowest BCUT2D eigenvalue weighted by atomic mass is 10.0. The fourth-order valence-corrected chi connectivity index (χ4v) is 3.17. The Labute approximate surface area is 192 Å². The van der Waals surface area contributed by atoms with Crippen LogP contribution >= 0.6 is 0 Å². The summed E-state index contributed by atoms with van der Waals surface area (Å²) in [6, 6.07) is 22.7. The number of aliphatic hydroxyl groups is 1. The van der Waals surface area contributed by atoms with Gasteiger partial charge < -0.3 is 24.6 Å². The maximum Gasteiger partial charge on any atom is 0.305 e. The number of unbranched alkanes of at least 4 members (excludes halogenated alkanes) is 1. The summed E-state index contributed by atoms with van der Waals surface area (Å²) >= 11 is 0. The average molecular weight is 450 g/mol. The van der Waals surface area contributed by atoms with E-state index in [1.165, 1.54) is 7.11 Å². The first kappa shape index (κ1) is 23.8. The average Bonchev–Trinajstić information content (AvgIpc) is 2.85. The summed E-state index contributed by atoms with van der Waals surface area (Å²) in [6.45, 7) is -0.301. The van der Waals surface area contributed by atoms with E-state index in [9.17, 15) is 9.59 Å². The predicted octanol–water partition coefficient (Wildman–Crippen LogP) is 4.80. The summed E-state index contributed by atoms with van der Waals surface area (Å²) in [5, 5.41) is 11.7. The van der Waals surface area contributed by atoms with Gasteiger partial charge in [-0.05, 0) is 36.6 Å². The number of rotatable bonds is 11. The number of hydrogen-bond donors (Lipinski definition) is 2. The number of carbonyl (C=O) groups is 2. The number of benzene rings is 3. The fraction of sp³-hybridized carbons (Fsp3) is 0.231. The van der Waals surface area contributed by atoms with Gasteiger partial charge in [0.05, 0.1) is 19.4 Å². The predicted molar refractivity (Wildman–Crippen MR) is 125 cm³/mol. The lowest BCUT2D eigenvalue weighted by molar-refractivity contribution is -0.140. The van der Waals surface area contributed by atoms with Gasteiger partial charge in [-0.3, -0.25) is 9.59 Å². The molecule has 172 valence electrons. The van der Waals surface area contributed by atoms with Crippen molar-refractivity contribution in [3.63, 3.8) is 0 Å². The van der Waals surface area contributed by atoms with E-state index in [1.807, 2.05) is 54.6 Å². The summed E-state index contributed by atoms with van der Waals surface area (Å²) in [7, 11) is 1.36. The summed E-state index contributed by atoms with van der Waals surface area (Å²) in [5.41, 5.74) is 2.40. The minimum atomic E-state index is -0.638. The Morgan fingerprint density at radius 3 is 2.42 bits per heavy atom. The largest absolute Gasteiger partial charge is 0.491 e. The van der Waals surface area contributed by atoms with Crippen molar-refractivity contribution in [2.45, 2.75) is 19.3 Å². The molecule has 0 aliphatic rings. The smallest absolute Gasteiger partial charge is 0.305 e. The van der Waals surface area contributed by atoms with Crippen molar-refractivity contribution in [2.24, 2.45) is 0 Å². The number of carbonyl (C=O) groups excluding carboxylic acids is 2. The number of aliphatic hydroxyl groups excluding tert-OH is 1. The number of nitrogens with one attached hydrogen (secondary N) is 1. The second-order valence-corrected chi connectivity index (χ2v) is 7.21. The van der Waals surface area contributed by atoms with Crippen LogP contribution in [0.3, 0.4) is 0 Å². The van der Waals surface area contributed by atoms with Crippen molar-refractivity contribution in [1.29, 1.82) is 0 Å². The number of ether oxygens (including phenoxy) is 3. The van der Waals surface area contributed by atoms with Crippen molar-refractivity contribution in [3.8, 4) is 28.4 Å². The maximum atomic E-state index is 11.7. The fourth-order valence-electron chi connectivity index (χ4n) is 3.17. The van der Waals surface area contributed by atoms with Gasteiger partial charge >= 0.3 is 5.97 Å². The third-order valence-corrected chi connectivity index (χ3v) is 4.83. The molecular weight excluding hydrogens is 422 g/mol. The number of esters is 1. The Balaban J connectivity index is 1.77. The number of para-hydroxylation sites is 1. The highest BCUT2D eigenvalue weighted by Gasteiger charge is 2.12. The van der Waals surface area contributed by atoms with Crippen LogP contribution in [0.5, 0.6) is 17.2 Å². The normalized spacial score (nSPS) is 10.4. The molecule has 3 aromatic carbocycles. The van der Waals surface area contributed by atoms with Gasteiger partial charge in [0.25, 0.3) is 0 Å². The minimum absolute atomic E-state index is 0.265. The van der Waals surface area contributed by atoms with E-state index >= 15 is 0 Å². The molecule has 0 atom stereocenters. The molecule has 0 heterocycles. The zero-order valence-electron chi connectivity index (χ0n) is 18.5. The quantitative estimate of drug-likeness (QED) is 0.323. The summed E-state index contributed by atoms with van der Waals surface area (Å²) in [4.78, 5) is 22.9. The number of hydrogen-bond acceptors (Lipinski definition) is 6. The Bertz CT molecular complexity index is 1070. The molecule has 7 nitrogen and oxygen atoms in total. The molecule has 2 N–H and O–H groups in total. The van der Waals surface area contributed by atoms with Gasteiger partial charge in [0.2, 0.25) is 5.91 Å². The van der Waals surface area contributed by atoms with Crippen molar-refractivity contribution in [3.05, 3.63) is 72.8 Å². The Morgan fingerprint density at radius 2 is 1.67 bits per heavy atom. The van der Waals surface area contributed by atoms with Crippen LogP contribution in [0.15, 0.2) is 72.8 Å². The zero-order chi connectivity index (χ0) is 23.5. The third-order valence-electron chi connectivity index (χ3n) is 4.83. The van der Waals surface area contributed by atoms with E-state index in [2.05, 4.69) is 10.1 Å². The van der Waals surface area contributed by atoms with Crippen molar-refractivity contribution in [1.82, 2.24) is 0 Å². The highest BCUT2D eigenvalue weighted by Crippen LogP contribution is 2.36. The van der Waals surface area contributed by atoms with E-state index in [-0.39, 0.29) is 5.97 Å². The van der Waals surface area contributed by atoms with E-state index < -0.39 is 12.5 Å². The van der Waals surface area contributed by atoms with Gasteiger partial charge in [0, 0.05) is 18.1 Å².